The minimum absolute atomic E-state index is 0.0539. The number of aliphatic carboxylic acids is 1. The molecule has 0 aromatic carbocycles. The molecule has 1 rings (SSSR count). The Morgan fingerprint density at radius 1 is 1.19 bits per heavy atom. The van der Waals surface area contributed by atoms with Crippen LogP contribution in [0.5, 0.6) is 0 Å². The van der Waals surface area contributed by atoms with Gasteiger partial charge in [0.1, 0.15) is 6.04 Å². The quantitative estimate of drug-likeness (QED) is 0.744. The third-order valence-corrected chi connectivity index (χ3v) is 2.94. The molecule has 0 bridgehead atoms. The number of hydrogen-bond acceptors (Lipinski definition) is 2. The number of carboxylic acids is 1. The van der Waals surface area contributed by atoms with Crippen molar-refractivity contribution in [2.45, 2.75) is 52.5 Å². The summed E-state index contributed by atoms with van der Waals surface area (Å²) in [6.07, 6.45) is 3.39. The lowest BCUT2D eigenvalue weighted by Gasteiger charge is -2.32. The van der Waals surface area contributed by atoms with Gasteiger partial charge in [-0.2, -0.15) is 0 Å². The van der Waals surface area contributed by atoms with Gasteiger partial charge in [0, 0.05) is 12.0 Å². The second-order valence-corrected chi connectivity index (χ2v) is 5.45. The van der Waals surface area contributed by atoms with E-state index in [1.165, 1.54) is 0 Å². The highest BCUT2D eigenvalue weighted by molar-refractivity contribution is 5.86. The highest BCUT2D eigenvalue weighted by Crippen LogP contribution is 2.24. The average molecular weight is 227 g/mol. The predicted octanol–water partition coefficient (Wildman–Crippen LogP) is 1.89. The Kier molecular flexibility index (Phi) is 3.94. The van der Waals surface area contributed by atoms with Crippen LogP contribution in [0.3, 0.4) is 0 Å². The Bertz CT molecular complexity index is 280. The van der Waals surface area contributed by atoms with Crippen LogP contribution in [0.4, 0.5) is 0 Å². The molecule has 0 saturated carbocycles. The lowest BCUT2D eigenvalue weighted by Crippen LogP contribution is -2.49. The summed E-state index contributed by atoms with van der Waals surface area (Å²) in [6.45, 7) is 6.07. The largest absolute Gasteiger partial charge is 0.480 e. The summed E-state index contributed by atoms with van der Waals surface area (Å²) in [5.41, 5.74) is -0.502. The van der Waals surface area contributed by atoms with Crippen LogP contribution in [0.15, 0.2) is 0 Å². The molecule has 92 valence electrons. The molecule has 0 radical (unpaired) electrons. The van der Waals surface area contributed by atoms with Crippen molar-refractivity contribution < 1.29 is 14.7 Å². The molecule has 1 aliphatic rings. The van der Waals surface area contributed by atoms with Gasteiger partial charge >= 0.3 is 5.97 Å². The fourth-order valence-electron chi connectivity index (χ4n) is 2.04. The fourth-order valence-corrected chi connectivity index (χ4v) is 2.04. The molecule has 1 unspecified atom stereocenters. The molecule has 0 aromatic heterocycles. The first-order valence-corrected chi connectivity index (χ1v) is 5.88. The first-order valence-electron chi connectivity index (χ1n) is 5.88. The Labute approximate surface area is 96.6 Å². The molecule has 0 aliphatic carbocycles. The van der Waals surface area contributed by atoms with Crippen molar-refractivity contribution in [2.24, 2.45) is 5.41 Å². The normalized spacial score (nSPS) is 22.7. The van der Waals surface area contributed by atoms with E-state index in [1.807, 2.05) is 20.8 Å². The zero-order chi connectivity index (χ0) is 12.3. The second-order valence-electron chi connectivity index (χ2n) is 5.45. The maximum Gasteiger partial charge on any atom is 0.326 e. The van der Waals surface area contributed by atoms with Gasteiger partial charge in [-0.3, -0.25) is 4.79 Å². The monoisotopic (exact) mass is 227 g/mol. The van der Waals surface area contributed by atoms with E-state index >= 15 is 0 Å². The first kappa shape index (κ1) is 13.0. The second kappa shape index (κ2) is 4.85. The molecule has 0 aromatic rings. The molecule has 1 fully saturated rings. The SMILES string of the molecule is CC(C)(C)C(=O)N1CCCCCC1C(=O)O. The van der Waals surface area contributed by atoms with Crippen molar-refractivity contribution in [1.29, 1.82) is 0 Å². The summed E-state index contributed by atoms with van der Waals surface area (Å²) in [4.78, 5) is 24.9. The van der Waals surface area contributed by atoms with Crippen molar-refractivity contribution in [2.75, 3.05) is 6.54 Å². The minimum Gasteiger partial charge on any atom is -0.480 e. The number of carbonyl (C=O) groups is 2. The molecule has 1 saturated heterocycles. The van der Waals surface area contributed by atoms with Crippen molar-refractivity contribution in [3.8, 4) is 0 Å². The summed E-state index contributed by atoms with van der Waals surface area (Å²) in [6, 6.07) is -0.630. The highest BCUT2D eigenvalue weighted by Gasteiger charge is 2.35. The molecule has 1 amide bonds. The highest BCUT2D eigenvalue weighted by atomic mass is 16.4. The standard InChI is InChI=1S/C12H21NO3/c1-12(2,3)11(16)13-8-6-4-5-7-9(13)10(14)15/h9H,4-8H2,1-3H3,(H,14,15). The smallest absolute Gasteiger partial charge is 0.326 e. The molecule has 1 aliphatic heterocycles. The maximum absolute atomic E-state index is 12.1. The lowest BCUT2D eigenvalue weighted by atomic mass is 9.93. The van der Waals surface area contributed by atoms with Crippen LogP contribution >= 0.6 is 0 Å². The van der Waals surface area contributed by atoms with E-state index in [-0.39, 0.29) is 5.91 Å². The number of likely N-dealkylation sites (tertiary alicyclic amines) is 1. The molecular formula is C12H21NO3. The van der Waals surface area contributed by atoms with E-state index in [1.54, 1.807) is 4.90 Å². The van der Waals surface area contributed by atoms with Gasteiger partial charge < -0.3 is 10.0 Å². The molecule has 1 N–H and O–H groups in total. The Hall–Kier alpha value is -1.06. The van der Waals surface area contributed by atoms with Crippen molar-refractivity contribution in [3.63, 3.8) is 0 Å². The average Bonchev–Trinajstić information content (AvgIpc) is 2.39. The van der Waals surface area contributed by atoms with Crippen molar-refractivity contribution in [1.82, 2.24) is 4.90 Å². The summed E-state index contributed by atoms with van der Waals surface area (Å²) < 4.78 is 0. The van der Waals surface area contributed by atoms with Gasteiger partial charge in [0.25, 0.3) is 0 Å². The van der Waals surface area contributed by atoms with Gasteiger partial charge in [-0.15, -0.1) is 0 Å². The van der Waals surface area contributed by atoms with Crippen LogP contribution in [0, 0.1) is 5.41 Å². The number of carbonyl (C=O) groups excluding carboxylic acids is 1. The molecule has 16 heavy (non-hydrogen) atoms. The van der Waals surface area contributed by atoms with E-state index in [0.717, 1.165) is 19.3 Å². The summed E-state index contributed by atoms with van der Waals surface area (Å²) in [5.74, 6) is -0.929. The Balaban J connectivity index is 2.87. The van der Waals surface area contributed by atoms with Crippen molar-refractivity contribution in [3.05, 3.63) is 0 Å². The van der Waals surface area contributed by atoms with Gasteiger partial charge in [-0.25, -0.2) is 4.79 Å². The topological polar surface area (TPSA) is 57.6 Å². The third-order valence-electron chi connectivity index (χ3n) is 2.94. The number of hydrogen-bond donors (Lipinski definition) is 1. The minimum atomic E-state index is -0.875. The number of carboxylic acid groups (broad SMARTS) is 1. The van der Waals surface area contributed by atoms with Crippen LogP contribution < -0.4 is 0 Å². The summed E-state index contributed by atoms with van der Waals surface area (Å²) in [7, 11) is 0. The third kappa shape index (κ3) is 2.97. The van der Waals surface area contributed by atoms with Gasteiger partial charge in [0.15, 0.2) is 0 Å². The molecule has 1 atom stereocenters. The maximum atomic E-state index is 12.1. The predicted molar refractivity (Wildman–Crippen MR) is 61.1 cm³/mol. The van der Waals surface area contributed by atoms with Crippen molar-refractivity contribution >= 4 is 11.9 Å². The molecule has 1 heterocycles. The van der Waals surface area contributed by atoms with E-state index in [2.05, 4.69) is 0 Å². The summed E-state index contributed by atoms with van der Waals surface area (Å²) >= 11 is 0. The molecule has 4 heteroatoms. The first-order chi connectivity index (χ1) is 7.34. The molecule has 4 nitrogen and oxygen atoms in total. The zero-order valence-corrected chi connectivity index (χ0v) is 10.3. The van der Waals surface area contributed by atoms with E-state index < -0.39 is 17.4 Å². The van der Waals surface area contributed by atoms with Gasteiger partial charge in [-0.1, -0.05) is 33.6 Å². The lowest BCUT2D eigenvalue weighted by molar-refractivity contribution is -0.154. The van der Waals surface area contributed by atoms with E-state index in [4.69, 9.17) is 5.11 Å². The summed E-state index contributed by atoms with van der Waals surface area (Å²) in [5, 5.41) is 9.15. The van der Waals surface area contributed by atoms with Gasteiger partial charge in [-0.05, 0) is 12.8 Å². The van der Waals surface area contributed by atoms with E-state index in [9.17, 15) is 9.59 Å². The van der Waals surface area contributed by atoms with Crippen LogP contribution in [-0.4, -0.2) is 34.5 Å². The van der Waals surface area contributed by atoms with Crippen LogP contribution in [0.25, 0.3) is 0 Å². The molecule has 0 spiro atoms. The Morgan fingerprint density at radius 2 is 1.81 bits per heavy atom. The number of amides is 1. The number of rotatable bonds is 1. The van der Waals surface area contributed by atoms with Crippen LogP contribution in [0.1, 0.15) is 46.5 Å². The van der Waals surface area contributed by atoms with Gasteiger partial charge in [0.05, 0.1) is 0 Å². The fraction of sp³-hybridized carbons (Fsp3) is 0.833. The van der Waals surface area contributed by atoms with Crippen LogP contribution in [0.2, 0.25) is 0 Å². The Morgan fingerprint density at radius 3 is 2.31 bits per heavy atom. The zero-order valence-electron chi connectivity index (χ0n) is 10.3. The number of nitrogens with zero attached hydrogens (tertiary/aromatic N) is 1. The molecular weight excluding hydrogens is 206 g/mol. The van der Waals surface area contributed by atoms with Crippen LogP contribution in [-0.2, 0) is 9.59 Å². The van der Waals surface area contributed by atoms with E-state index in [0.29, 0.717) is 13.0 Å². The van der Waals surface area contributed by atoms with Gasteiger partial charge in [0.2, 0.25) is 5.91 Å².